The van der Waals surface area contributed by atoms with Gasteiger partial charge in [0.25, 0.3) is 0 Å². The van der Waals surface area contributed by atoms with Crippen LogP contribution < -0.4 is 0 Å². The van der Waals surface area contributed by atoms with Crippen LogP contribution in [0.4, 0.5) is 0 Å². The van der Waals surface area contributed by atoms with Crippen molar-refractivity contribution in [3.05, 3.63) is 126 Å². The fourth-order valence-corrected chi connectivity index (χ4v) is 6.62. The number of nitrogens with zero attached hydrogens (tertiary/aromatic N) is 1. The van der Waals surface area contributed by atoms with Gasteiger partial charge < -0.3 is 4.74 Å². The van der Waals surface area contributed by atoms with Gasteiger partial charge in [-0.05, 0) is 105 Å². The second kappa shape index (κ2) is 12.7. The zero-order valence-corrected chi connectivity index (χ0v) is 24.6. The summed E-state index contributed by atoms with van der Waals surface area (Å²) >= 11 is 0. The molecule has 1 aromatic heterocycles. The molecule has 6 aromatic rings. The van der Waals surface area contributed by atoms with E-state index < -0.39 is 0 Å². The van der Waals surface area contributed by atoms with E-state index in [0.29, 0.717) is 12.5 Å². The number of aromatic nitrogens is 1. The molecule has 212 valence electrons. The van der Waals surface area contributed by atoms with Gasteiger partial charge in [-0.1, -0.05) is 98.8 Å². The summed E-state index contributed by atoms with van der Waals surface area (Å²) in [4.78, 5) is 17.2. The fraction of sp³-hybridized carbons (Fsp3) is 0.282. The lowest BCUT2D eigenvalue weighted by Gasteiger charge is -2.24. The minimum atomic E-state index is -0.155. The van der Waals surface area contributed by atoms with Crippen LogP contribution in [0.1, 0.15) is 68.1 Å². The number of unbranched alkanes of at least 4 members (excludes halogenated alkanes) is 1. The minimum absolute atomic E-state index is 0.0878. The van der Waals surface area contributed by atoms with Crippen LogP contribution in [-0.4, -0.2) is 17.6 Å². The first kappa shape index (κ1) is 27.9. The van der Waals surface area contributed by atoms with Gasteiger partial charge >= 0.3 is 5.97 Å². The molecule has 1 heterocycles. The SMILES string of the molecule is CC(CC(CC(C)c1ccncc1)c1ccccc1)C(=O)OCCCCc1ccc2ccc3cccc4ccc1c2c34. The van der Waals surface area contributed by atoms with Crippen molar-refractivity contribution < 1.29 is 9.53 Å². The van der Waals surface area contributed by atoms with E-state index in [0.717, 1.165) is 32.1 Å². The zero-order chi connectivity index (χ0) is 28.9. The Labute approximate surface area is 248 Å². The molecule has 0 saturated carbocycles. The van der Waals surface area contributed by atoms with Gasteiger partial charge in [0, 0.05) is 12.4 Å². The summed E-state index contributed by atoms with van der Waals surface area (Å²) in [5.74, 6) is 0.417. The van der Waals surface area contributed by atoms with Gasteiger partial charge in [-0.25, -0.2) is 0 Å². The molecule has 6 rings (SSSR count). The third-order valence-electron chi connectivity index (χ3n) is 8.93. The summed E-state index contributed by atoms with van der Waals surface area (Å²) < 4.78 is 5.80. The molecule has 5 aromatic carbocycles. The Balaban J connectivity index is 1.04. The van der Waals surface area contributed by atoms with E-state index in [9.17, 15) is 4.79 Å². The maximum Gasteiger partial charge on any atom is 0.308 e. The summed E-state index contributed by atoms with van der Waals surface area (Å²) in [6, 6.07) is 34.8. The number of aryl methyl sites for hydroxylation is 1. The lowest BCUT2D eigenvalue weighted by Crippen LogP contribution is -2.19. The summed E-state index contributed by atoms with van der Waals surface area (Å²) in [5.41, 5.74) is 3.94. The van der Waals surface area contributed by atoms with Crippen molar-refractivity contribution in [1.29, 1.82) is 0 Å². The van der Waals surface area contributed by atoms with Crippen LogP contribution in [0.5, 0.6) is 0 Å². The summed E-state index contributed by atoms with van der Waals surface area (Å²) in [6.45, 7) is 4.74. The van der Waals surface area contributed by atoms with Crippen molar-refractivity contribution in [2.75, 3.05) is 6.61 Å². The molecule has 0 N–H and O–H groups in total. The number of hydrogen-bond donors (Lipinski definition) is 0. The molecule has 3 nitrogen and oxygen atoms in total. The zero-order valence-electron chi connectivity index (χ0n) is 24.6. The van der Waals surface area contributed by atoms with Crippen molar-refractivity contribution in [3.63, 3.8) is 0 Å². The highest BCUT2D eigenvalue weighted by atomic mass is 16.5. The highest BCUT2D eigenvalue weighted by Crippen LogP contribution is 2.37. The highest BCUT2D eigenvalue weighted by molar-refractivity contribution is 6.23. The molecule has 0 radical (unpaired) electrons. The average Bonchev–Trinajstić information content (AvgIpc) is 3.04. The highest BCUT2D eigenvalue weighted by Gasteiger charge is 2.24. The topological polar surface area (TPSA) is 39.2 Å². The number of esters is 1. The molecule has 0 spiro atoms. The van der Waals surface area contributed by atoms with Crippen LogP contribution >= 0.6 is 0 Å². The molecule has 0 aliphatic carbocycles. The molecule has 0 bridgehead atoms. The minimum Gasteiger partial charge on any atom is -0.465 e. The third kappa shape index (κ3) is 6.01. The summed E-state index contributed by atoms with van der Waals surface area (Å²) in [6.07, 6.45) is 8.29. The van der Waals surface area contributed by atoms with Crippen LogP contribution in [0.25, 0.3) is 32.3 Å². The van der Waals surface area contributed by atoms with Crippen LogP contribution in [0, 0.1) is 5.92 Å². The molecule has 0 aliphatic heterocycles. The molecule has 3 heteroatoms. The largest absolute Gasteiger partial charge is 0.465 e. The third-order valence-corrected chi connectivity index (χ3v) is 8.93. The summed E-state index contributed by atoms with van der Waals surface area (Å²) in [7, 11) is 0. The Morgan fingerprint density at radius 1 is 0.690 bits per heavy atom. The van der Waals surface area contributed by atoms with E-state index >= 15 is 0 Å². The van der Waals surface area contributed by atoms with Gasteiger partial charge in [0.15, 0.2) is 0 Å². The molecule has 0 saturated heterocycles. The Hall–Kier alpha value is -4.24. The molecule has 42 heavy (non-hydrogen) atoms. The average molecular weight is 554 g/mol. The molecule has 3 unspecified atom stereocenters. The van der Waals surface area contributed by atoms with Crippen LogP contribution in [0.3, 0.4) is 0 Å². The van der Waals surface area contributed by atoms with Crippen molar-refractivity contribution in [2.45, 2.75) is 57.8 Å². The summed E-state index contributed by atoms with van der Waals surface area (Å²) in [5, 5.41) is 7.96. The quantitative estimate of drug-likeness (QED) is 0.0860. The molecule has 3 atom stereocenters. The first-order valence-corrected chi connectivity index (χ1v) is 15.4. The van der Waals surface area contributed by atoms with Crippen LogP contribution in [0.15, 0.2) is 109 Å². The van der Waals surface area contributed by atoms with Crippen molar-refractivity contribution in [2.24, 2.45) is 5.92 Å². The standard InChI is InChI=1S/C39H39NO2/c1-27(29-20-22-40-23-21-29)25-35(30-9-4-3-5-10-30)26-28(2)39(41)42-24-7-6-11-31-14-15-34-17-16-32-12-8-13-33-18-19-36(31)38(34)37(32)33/h3-5,8-10,12-23,27-28,35H,6-7,11,24-26H2,1-2H3. The molecule has 0 aliphatic rings. The first-order valence-electron chi connectivity index (χ1n) is 15.4. The second-order valence-corrected chi connectivity index (χ2v) is 11.9. The number of carbonyl (C=O) groups is 1. The van der Waals surface area contributed by atoms with E-state index in [1.54, 1.807) is 0 Å². The Morgan fingerprint density at radius 2 is 1.38 bits per heavy atom. The number of hydrogen-bond acceptors (Lipinski definition) is 3. The van der Waals surface area contributed by atoms with Gasteiger partial charge in [-0.15, -0.1) is 0 Å². The lowest BCUT2D eigenvalue weighted by molar-refractivity contribution is -0.148. The molecule has 0 amide bonds. The maximum absolute atomic E-state index is 13.0. The number of rotatable bonds is 12. The van der Waals surface area contributed by atoms with E-state index in [-0.39, 0.29) is 17.8 Å². The maximum atomic E-state index is 13.0. The van der Waals surface area contributed by atoms with Gasteiger partial charge in [0.1, 0.15) is 0 Å². The Bertz CT molecular complexity index is 1750. The van der Waals surface area contributed by atoms with Gasteiger partial charge in [0.2, 0.25) is 0 Å². The predicted molar refractivity (Wildman–Crippen MR) is 174 cm³/mol. The Kier molecular flexibility index (Phi) is 8.46. The fourth-order valence-electron chi connectivity index (χ4n) is 6.62. The van der Waals surface area contributed by atoms with Crippen LogP contribution in [-0.2, 0) is 16.0 Å². The first-order chi connectivity index (χ1) is 20.6. The Morgan fingerprint density at radius 3 is 2.14 bits per heavy atom. The number of carbonyl (C=O) groups excluding carboxylic acids is 1. The van der Waals surface area contributed by atoms with Crippen LogP contribution in [0.2, 0.25) is 0 Å². The van der Waals surface area contributed by atoms with E-state index in [2.05, 4.69) is 103 Å². The number of benzene rings is 5. The second-order valence-electron chi connectivity index (χ2n) is 11.9. The predicted octanol–water partition coefficient (Wildman–Crippen LogP) is 9.85. The van der Waals surface area contributed by atoms with Gasteiger partial charge in [-0.2, -0.15) is 0 Å². The number of ether oxygens (including phenoxy) is 1. The van der Waals surface area contributed by atoms with E-state index in [1.165, 1.54) is 49.0 Å². The smallest absolute Gasteiger partial charge is 0.308 e. The molecular weight excluding hydrogens is 514 g/mol. The van der Waals surface area contributed by atoms with Gasteiger partial charge in [0.05, 0.1) is 12.5 Å². The number of pyridine rings is 1. The molecule has 0 fully saturated rings. The van der Waals surface area contributed by atoms with Crippen molar-refractivity contribution in [1.82, 2.24) is 4.98 Å². The van der Waals surface area contributed by atoms with Gasteiger partial charge in [-0.3, -0.25) is 9.78 Å². The van der Waals surface area contributed by atoms with Crippen molar-refractivity contribution >= 4 is 38.3 Å². The van der Waals surface area contributed by atoms with E-state index in [1.807, 2.05) is 25.4 Å². The van der Waals surface area contributed by atoms with E-state index in [4.69, 9.17) is 4.74 Å². The normalized spacial score (nSPS) is 13.9. The lowest BCUT2D eigenvalue weighted by atomic mass is 9.81. The van der Waals surface area contributed by atoms with Crippen molar-refractivity contribution in [3.8, 4) is 0 Å². The molecular formula is C39H39NO2. The monoisotopic (exact) mass is 553 g/mol.